The van der Waals surface area contributed by atoms with E-state index in [9.17, 15) is 4.79 Å². The van der Waals surface area contributed by atoms with E-state index < -0.39 is 0 Å². The first-order chi connectivity index (χ1) is 11.1. The molecule has 2 aromatic rings. The van der Waals surface area contributed by atoms with Crippen molar-refractivity contribution in [2.75, 3.05) is 27.0 Å². The summed E-state index contributed by atoms with van der Waals surface area (Å²) in [6.45, 7) is 0.984. The summed E-state index contributed by atoms with van der Waals surface area (Å²) >= 11 is 6.11. The second-order valence-electron chi connectivity index (χ2n) is 5.08. The number of carbonyl (C=O) groups excluding carboxylic acids is 1. The number of carbonyl (C=O) groups is 1. The third kappa shape index (κ3) is 3.51. The highest BCUT2D eigenvalue weighted by atomic mass is 35.5. The van der Waals surface area contributed by atoms with Crippen LogP contribution in [0.25, 0.3) is 0 Å². The summed E-state index contributed by atoms with van der Waals surface area (Å²) in [5, 5.41) is 0.372. The number of nitrogens with zero attached hydrogens (tertiary/aromatic N) is 1. The highest BCUT2D eigenvalue weighted by Gasteiger charge is 2.22. The molecule has 120 valence electrons. The molecule has 1 aliphatic rings. The molecule has 0 aliphatic carbocycles. The molecule has 3 rings (SSSR count). The van der Waals surface area contributed by atoms with Crippen LogP contribution in [0.2, 0.25) is 5.02 Å². The van der Waals surface area contributed by atoms with Crippen LogP contribution in [0.3, 0.4) is 0 Å². The molecule has 0 saturated carbocycles. The minimum Gasteiger partial charge on any atom is -0.492 e. The van der Waals surface area contributed by atoms with Gasteiger partial charge in [-0.05, 0) is 24.3 Å². The van der Waals surface area contributed by atoms with Gasteiger partial charge in [-0.2, -0.15) is 0 Å². The Morgan fingerprint density at radius 1 is 1.26 bits per heavy atom. The van der Waals surface area contributed by atoms with E-state index in [1.807, 2.05) is 30.3 Å². The van der Waals surface area contributed by atoms with Gasteiger partial charge in [-0.25, -0.2) is 0 Å². The highest BCUT2D eigenvalue weighted by Crippen LogP contribution is 2.39. The molecule has 5 nitrogen and oxygen atoms in total. The zero-order valence-electron chi connectivity index (χ0n) is 12.6. The fourth-order valence-corrected chi connectivity index (χ4v) is 2.50. The molecule has 0 aromatic heterocycles. The number of hydrogen-bond donors (Lipinski definition) is 0. The van der Waals surface area contributed by atoms with Gasteiger partial charge in [-0.3, -0.25) is 4.79 Å². The van der Waals surface area contributed by atoms with Gasteiger partial charge in [0.25, 0.3) is 5.91 Å². The maximum Gasteiger partial charge on any atom is 0.253 e. The van der Waals surface area contributed by atoms with Crippen molar-refractivity contribution < 1.29 is 19.0 Å². The summed E-state index contributed by atoms with van der Waals surface area (Å²) in [5.74, 6) is 1.61. The zero-order valence-corrected chi connectivity index (χ0v) is 13.4. The van der Waals surface area contributed by atoms with Crippen LogP contribution in [0.4, 0.5) is 0 Å². The zero-order chi connectivity index (χ0) is 16.2. The molecule has 1 heterocycles. The standard InChI is InChI=1S/C17H16ClNO4/c1-19(7-8-21-13-5-3-2-4-6-13)17(20)12-9-14(18)16-15(10-12)22-11-23-16/h2-6,9-10H,7-8,11H2,1H3. The van der Waals surface area contributed by atoms with E-state index >= 15 is 0 Å². The average Bonchev–Trinajstić information content (AvgIpc) is 3.04. The molecular weight excluding hydrogens is 318 g/mol. The average molecular weight is 334 g/mol. The lowest BCUT2D eigenvalue weighted by atomic mass is 10.2. The van der Waals surface area contributed by atoms with E-state index in [4.69, 9.17) is 25.8 Å². The van der Waals surface area contributed by atoms with Crippen molar-refractivity contribution in [3.63, 3.8) is 0 Å². The molecule has 0 atom stereocenters. The van der Waals surface area contributed by atoms with Crippen molar-refractivity contribution in [3.8, 4) is 17.2 Å². The Balaban J connectivity index is 1.60. The lowest BCUT2D eigenvalue weighted by Crippen LogP contribution is -2.30. The summed E-state index contributed by atoms with van der Waals surface area (Å²) in [6, 6.07) is 12.7. The Labute approximate surface area is 139 Å². The topological polar surface area (TPSA) is 48.0 Å². The smallest absolute Gasteiger partial charge is 0.253 e. The molecular formula is C17H16ClNO4. The molecule has 0 saturated heterocycles. The number of ether oxygens (including phenoxy) is 3. The van der Waals surface area contributed by atoms with Gasteiger partial charge in [0.2, 0.25) is 6.79 Å². The van der Waals surface area contributed by atoms with Crippen LogP contribution in [0.15, 0.2) is 42.5 Å². The van der Waals surface area contributed by atoms with Crippen LogP contribution < -0.4 is 14.2 Å². The van der Waals surface area contributed by atoms with Gasteiger partial charge in [0, 0.05) is 12.6 Å². The fraction of sp³-hybridized carbons (Fsp3) is 0.235. The van der Waals surface area contributed by atoms with Crippen LogP contribution in [-0.2, 0) is 0 Å². The summed E-state index contributed by atoms with van der Waals surface area (Å²) < 4.78 is 16.1. The minimum absolute atomic E-state index is 0.119. The SMILES string of the molecule is CN(CCOc1ccccc1)C(=O)c1cc(Cl)c2c(c1)OCO2. The number of benzene rings is 2. The second kappa shape index (κ2) is 6.79. The Morgan fingerprint density at radius 2 is 2.04 bits per heavy atom. The van der Waals surface area contributed by atoms with Gasteiger partial charge in [-0.15, -0.1) is 0 Å². The number of fused-ring (bicyclic) bond motifs is 1. The van der Waals surface area contributed by atoms with Gasteiger partial charge >= 0.3 is 0 Å². The molecule has 1 aliphatic heterocycles. The Morgan fingerprint density at radius 3 is 2.83 bits per heavy atom. The Kier molecular flexibility index (Phi) is 4.57. The maximum absolute atomic E-state index is 12.5. The third-order valence-electron chi connectivity index (χ3n) is 3.46. The lowest BCUT2D eigenvalue weighted by Gasteiger charge is -2.18. The third-order valence-corrected chi connectivity index (χ3v) is 3.74. The number of hydrogen-bond acceptors (Lipinski definition) is 4. The van der Waals surface area contributed by atoms with Crippen molar-refractivity contribution in [2.24, 2.45) is 0 Å². The van der Waals surface area contributed by atoms with Crippen LogP contribution in [0.5, 0.6) is 17.2 Å². The first-order valence-corrected chi connectivity index (χ1v) is 7.55. The van der Waals surface area contributed by atoms with Crippen molar-refractivity contribution in [1.29, 1.82) is 0 Å². The van der Waals surface area contributed by atoms with E-state index in [0.717, 1.165) is 5.75 Å². The molecule has 23 heavy (non-hydrogen) atoms. The lowest BCUT2D eigenvalue weighted by molar-refractivity contribution is 0.0773. The summed E-state index contributed by atoms with van der Waals surface area (Å²) in [4.78, 5) is 14.0. The van der Waals surface area contributed by atoms with Crippen molar-refractivity contribution in [2.45, 2.75) is 0 Å². The summed E-state index contributed by atoms with van der Waals surface area (Å²) in [7, 11) is 1.72. The van der Waals surface area contributed by atoms with Crippen LogP contribution >= 0.6 is 11.6 Å². The number of para-hydroxylation sites is 1. The van der Waals surface area contributed by atoms with Gasteiger partial charge in [0.15, 0.2) is 11.5 Å². The highest BCUT2D eigenvalue weighted by molar-refractivity contribution is 6.32. The molecule has 0 radical (unpaired) electrons. The van der Waals surface area contributed by atoms with Gasteiger partial charge < -0.3 is 19.1 Å². The van der Waals surface area contributed by atoms with Crippen LogP contribution in [0, 0.1) is 0 Å². The number of likely N-dealkylation sites (N-methyl/N-ethyl adjacent to an activating group) is 1. The maximum atomic E-state index is 12.5. The van der Waals surface area contributed by atoms with E-state index in [-0.39, 0.29) is 12.7 Å². The second-order valence-corrected chi connectivity index (χ2v) is 5.49. The summed E-state index contributed by atoms with van der Waals surface area (Å²) in [5.41, 5.74) is 0.460. The monoisotopic (exact) mass is 333 g/mol. The molecule has 0 spiro atoms. The molecule has 0 unspecified atom stereocenters. The molecule has 2 aromatic carbocycles. The van der Waals surface area contributed by atoms with E-state index in [2.05, 4.69) is 0 Å². The molecule has 6 heteroatoms. The first-order valence-electron chi connectivity index (χ1n) is 7.17. The first kappa shape index (κ1) is 15.5. The van der Waals surface area contributed by atoms with Crippen molar-refractivity contribution in [3.05, 3.63) is 53.1 Å². The molecule has 1 amide bonds. The van der Waals surface area contributed by atoms with Gasteiger partial charge in [0.05, 0.1) is 11.6 Å². The number of halogens is 1. The number of rotatable bonds is 5. The summed E-state index contributed by atoms with van der Waals surface area (Å²) in [6.07, 6.45) is 0. The minimum atomic E-state index is -0.151. The van der Waals surface area contributed by atoms with Gasteiger partial charge in [0.1, 0.15) is 12.4 Å². The van der Waals surface area contributed by atoms with Crippen molar-refractivity contribution in [1.82, 2.24) is 4.90 Å². The van der Waals surface area contributed by atoms with E-state index in [0.29, 0.717) is 35.2 Å². The van der Waals surface area contributed by atoms with E-state index in [1.54, 1.807) is 24.1 Å². The van der Waals surface area contributed by atoms with Crippen molar-refractivity contribution >= 4 is 17.5 Å². The largest absolute Gasteiger partial charge is 0.492 e. The predicted octanol–water partition coefficient (Wildman–Crippen LogP) is 3.22. The van der Waals surface area contributed by atoms with Crippen LogP contribution in [0.1, 0.15) is 10.4 Å². The molecule has 0 bridgehead atoms. The fourth-order valence-electron chi connectivity index (χ4n) is 2.23. The quantitative estimate of drug-likeness (QED) is 0.843. The molecule has 0 fully saturated rings. The van der Waals surface area contributed by atoms with Gasteiger partial charge in [-0.1, -0.05) is 29.8 Å². The normalized spacial score (nSPS) is 12.1. The predicted molar refractivity (Wildman–Crippen MR) is 86.5 cm³/mol. The Bertz CT molecular complexity index is 705. The number of amides is 1. The Hall–Kier alpha value is -2.40. The van der Waals surface area contributed by atoms with Crippen LogP contribution in [-0.4, -0.2) is 37.8 Å². The molecule has 0 N–H and O–H groups in total. The van der Waals surface area contributed by atoms with E-state index in [1.165, 1.54) is 0 Å².